The van der Waals surface area contributed by atoms with Crippen molar-refractivity contribution in [2.24, 2.45) is 4.40 Å². The zero-order chi connectivity index (χ0) is 18.6. The molecule has 1 aromatic heterocycles. The van der Waals surface area contributed by atoms with Crippen LogP contribution in [0, 0.1) is 5.82 Å². The van der Waals surface area contributed by atoms with E-state index in [0.717, 1.165) is 0 Å². The van der Waals surface area contributed by atoms with Crippen LogP contribution in [0.25, 0.3) is 10.9 Å². The molecule has 4 rings (SSSR count). The fourth-order valence-electron chi connectivity index (χ4n) is 2.65. The van der Waals surface area contributed by atoms with E-state index in [2.05, 4.69) is 35.9 Å². The van der Waals surface area contributed by atoms with E-state index in [9.17, 15) is 17.9 Å². The van der Waals surface area contributed by atoms with Gasteiger partial charge in [0.1, 0.15) is 22.1 Å². The Morgan fingerprint density at radius 3 is 2.85 bits per heavy atom. The van der Waals surface area contributed by atoms with Crippen molar-refractivity contribution >= 4 is 65.8 Å². The molecule has 11 heteroatoms. The summed E-state index contributed by atoms with van der Waals surface area (Å²) in [6.45, 7) is 0. The largest absolute Gasteiger partial charge is 0.506 e. The molecule has 0 unspecified atom stereocenters. The Balaban J connectivity index is 1.78. The lowest BCUT2D eigenvalue weighted by Gasteiger charge is -2.21. The van der Waals surface area contributed by atoms with Crippen molar-refractivity contribution in [3.8, 4) is 5.75 Å². The zero-order valence-corrected chi connectivity index (χ0v) is 15.8. The van der Waals surface area contributed by atoms with E-state index in [1.807, 2.05) is 0 Å². The number of aromatic nitrogens is 1. The van der Waals surface area contributed by atoms with Gasteiger partial charge in [0.2, 0.25) is 5.96 Å². The van der Waals surface area contributed by atoms with E-state index in [-0.39, 0.29) is 37.5 Å². The third-order valence-electron chi connectivity index (χ3n) is 3.74. The van der Waals surface area contributed by atoms with Gasteiger partial charge in [0.25, 0.3) is 10.0 Å². The monoisotopic (exact) mass is 458 g/mol. The molecule has 0 aliphatic carbocycles. The Morgan fingerprint density at radius 2 is 2.08 bits per heavy atom. The fourth-order valence-corrected chi connectivity index (χ4v) is 5.00. The van der Waals surface area contributed by atoms with Crippen molar-refractivity contribution in [1.29, 1.82) is 0 Å². The van der Waals surface area contributed by atoms with E-state index in [1.54, 1.807) is 18.3 Å². The Bertz CT molecular complexity index is 1210. The molecule has 3 aromatic rings. The van der Waals surface area contributed by atoms with Gasteiger partial charge in [0.15, 0.2) is 0 Å². The van der Waals surface area contributed by atoms with Gasteiger partial charge in [-0.1, -0.05) is 11.6 Å². The molecule has 0 amide bonds. The predicted octanol–water partition coefficient (Wildman–Crippen LogP) is 4.01. The molecule has 0 spiro atoms. The van der Waals surface area contributed by atoms with E-state index in [0.29, 0.717) is 10.9 Å². The summed E-state index contributed by atoms with van der Waals surface area (Å²) in [5, 5.41) is 16.1. The highest BCUT2D eigenvalue weighted by molar-refractivity contribution is 9.10. The second-order valence-electron chi connectivity index (χ2n) is 5.46. The lowest BCUT2D eigenvalue weighted by Crippen LogP contribution is -2.28. The molecule has 0 radical (unpaired) electrons. The average Bonchev–Trinajstić information content (AvgIpc) is 3.00. The molecule has 0 fully saturated rings. The van der Waals surface area contributed by atoms with Crippen LogP contribution in [-0.2, 0) is 10.0 Å². The first-order chi connectivity index (χ1) is 12.3. The van der Waals surface area contributed by atoms with Gasteiger partial charge in [-0.15, -0.1) is 4.40 Å². The van der Waals surface area contributed by atoms with Gasteiger partial charge in [-0.2, -0.15) is 8.42 Å². The van der Waals surface area contributed by atoms with Crippen molar-refractivity contribution in [2.75, 3.05) is 10.6 Å². The van der Waals surface area contributed by atoms with Crippen LogP contribution in [0.5, 0.6) is 5.75 Å². The number of hydrogen-bond acceptors (Lipinski definition) is 5. The number of guanidine groups is 1. The molecule has 0 saturated carbocycles. The molecule has 2 aromatic carbocycles. The number of fused-ring (bicyclic) bond motifs is 2. The quantitative estimate of drug-likeness (QED) is 0.411. The van der Waals surface area contributed by atoms with E-state index >= 15 is 0 Å². The highest BCUT2D eigenvalue weighted by Gasteiger charge is 2.31. The Kier molecular flexibility index (Phi) is 3.86. The number of nitrogens with zero attached hydrogens (tertiary/aromatic N) is 1. The number of phenols is 1. The van der Waals surface area contributed by atoms with Crippen molar-refractivity contribution < 1.29 is 17.9 Å². The van der Waals surface area contributed by atoms with Crippen LogP contribution in [0.15, 0.2) is 44.2 Å². The molecular formula is C15H9BrClFN4O3S. The minimum absolute atomic E-state index is 0.0261. The van der Waals surface area contributed by atoms with Gasteiger partial charge < -0.3 is 20.7 Å². The maximum Gasteiger partial charge on any atom is 0.288 e. The van der Waals surface area contributed by atoms with Gasteiger partial charge >= 0.3 is 0 Å². The number of nitrogens with one attached hydrogen (secondary N) is 3. The van der Waals surface area contributed by atoms with Crippen molar-refractivity contribution in [3.63, 3.8) is 0 Å². The number of hydrogen-bond donors (Lipinski definition) is 4. The SMILES string of the molecule is O=S1(=O)N=C(Nc2cc(F)c3[nH]ccc3c2)Nc2c(O)cc(Cl)c(Br)c21. The summed E-state index contributed by atoms with van der Waals surface area (Å²) in [5.41, 5.74) is 0.539. The van der Waals surface area contributed by atoms with Crippen LogP contribution in [-0.4, -0.2) is 24.5 Å². The summed E-state index contributed by atoms with van der Waals surface area (Å²) in [5.74, 6) is -1.05. The molecule has 0 atom stereocenters. The van der Waals surface area contributed by atoms with Gasteiger partial charge in [-0.05, 0) is 34.1 Å². The number of rotatable bonds is 1. The predicted molar refractivity (Wildman–Crippen MR) is 101 cm³/mol. The minimum atomic E-state index is -4.16. The normalized spacial score (nSPS) is 15.3. The molecule has 1 aliphatic heterocycles. The maximum absolute atomic E-state index is 14.1. The molecule has 26 heavy (non-hydrogen) atoms. The van der Waals surface area contributed by atoms with Crippen LogP contribution < -0.4 is 10.6 Å². The van der Waals surface area contributed by atoms with Crippen molar-refractivity contribution in [1.82, 2.24) is 4.98 Å². The summed E-state index contributed by atoms with van der Waals surface area (Å²) >= 11 is 8.99. The average molecular weight is 460 g/mol. The Hall–Kier alpha value is -2.30. The second-order valence-corrected chi connectivity index (χ2v) is 8.20. The summed E-state index contributed by atoms with van der Waals surface area (Å²) in [4.78, 5) is 2.49. The van der Waals surface area contributed by atoms with E-state index in [1.165, 1.54) is 12.1 Å². The third kappa shape index (κ3) is 2.70. The zero-order valence-electron chi connectivity index (χ0n) is 12.6. The van der Waals surface area contributed by atoms with Crippen LogP contribution in [0.3, 0.4) is 0 Å². The molecular weight excluding hydrogens is 451 g/mol. The Morgan fingerprint density at radius 1 is 1.31 bits per heavy atom. The summed E-state index contributed by atoms with van der Waals surface area (Å²) in [6.07, 6.45) is 1.59. The van der Waals surface area contributed by atoms with Gasteiger partial charge in [0, 0.05) is 23.3 Å². The molecule has 7 nitrogen and oxygen atoms in total. The van der Waals surface area contributed by atoms with Crippen molar-refractivity contribution in [3.05, 3.63) is 45.8 Å². The standard InChI is InChI=1S/C15H9BrClFN4O3S/c16-11-8(17)5-10(23)13-14(11)26(24,25)22-15(21-13)20-7-3-6-1-2-19-12(6)9(18)4-7/h1-5,19,23H,(H2,20,21,22). The highest BCUT2D eigenvalue weighted by atomic mass is 79.9. The van der Waals surface area contributed by atoms with Gasteiger partial charge in [0.05, 0.1) is 15.0 Å². The molecule has 1 aliphatic rings. The van der Waals surface area contributed by atoms with Crippen LogP contribution in [0.4, 0.5) is 15.8 Å². The molecule has 0 saturated heterocycles. The number of halogens is 3. The smallest absolute Gasteiger partial charge is 0.288 e. The summed E-state index contributed by atoms with van der Waals surface area (Å²) in [6, 6.07) is 5.69. The number of anilines is 2. The van der Waals surface area contributed by atoms with Crippen molar-refractivity contribution in [2.45, 2.75) is 4.90 Å². The first-order valence-corrected chi connectivity index (χ1v) is 9.74. The summed E-state index contributed by atoms with van der Waals surface area (Å²) < 4.78 is 42.8. The summed E-state index contributed by atoms with van der Waals surface area (Å²) in [7, 11) is -4.16. The lowest BCUT2D eigenvalue weighted by molar-refractivity contribution is 0.475. The molecule has 4 N–H and O–H groups in total. The highest BCUT2D eigenvalue weighted by Crippen LogP contribution is 2.44. The van der Waals surface area contributed by atoms with E-state index < -0.39 is 15.8 Å². The number of H-pyrrole nitrogens is 1. The van der Waals surface area contributed by atoms with E-state index in [4.69, 9.17) is 11.6 Å². The minimum Gasteiger partial charge on any atom is -0.506 e. The molecule has 0 bridgehead atoms. The van der Waals surface area contributed by atoms with Gasteiger partial charge in [-0.25, -0.2) is 4.39 Å². The molecule has 2 heterocycles. The lowest BCUT2D eigenvalue weighted by atomic mass is 10.2. The van der Waals surface area contributed by atoms with Crippen LogP contribution >= 0.6 is 27.5 Å². The number of benzene rings is 2. The number of phenolic OH excluding ortho intramolecular Hbond substituents is 1. The fraction of sp³-hybridized carbons (Fsp3) is 0. The topological polar surface area (TPSA) is 107 Å². The van der Waals surface area contributed by atoms with Crippen LogP contribution in [0.1, 0.15) is 0 Å². The van der Waals surface area contributed by atoms with Crippen LogP contribution in [0.2, 0.25) is 5.02 Å². The second kappa shape index (κ2) is 5.86. The Labute approximate surface area is 160 Å². The molecule has 134 valence electrons. The first kappa shape index (κ1) is 17.1. The number of sulfonamides is 1. The maximum atomic E-state index is 14.1. The first-order valence-electron chi connectivity index (χ1n) is 7.13. The van der Waals surface area contributed by atoms with Gasteiger partial charge in [-0.3, -0.25) is 0 Å². The third-order valence-corrected chi connectivity index (χ3v) is 6.70. The number of aromatic amines is 1. The number of aromatic hydroxyl groups is 1.